The smallest absolute Gasteiger partial charge is 0.202 e. The molecule has 0 bridgehead atoms. The molecule has 1 aromatic heterocycles. The molecular weight excluding hydrogens is 274 g/mol. The number of halogens is 2. The maximum absolute atomic E-state index is 13.6. The van der Waals surface area contributed by atoms with Gasteiger partial charge in [0, 0.05) is 17.4 Å². The Bertz CT molecular complexity index is 814. The van der Waals surface area contributed by atoms with Gasteiger partial charge in [-0.1, -0.05) is 24.3 Å². The highest BCUT2D eigenvalue weighted by atomic mass is 19.1. The number of fused-ring (bicyclic) bond motifs is 1. The van der Waals surface area contributed by atoms with Gasteiger partial charge in [-0.2, -0.15) is 0 Å². The molecule has 4 heteroatoms. The molecule has 2 aromatic carbocycles. The number of para-hydroxylation sites is 1. The van der Waals surface area contributed by atoms with Crippen LogP contribution in [0.2, 0.25) is 0 Å². The van der Waals surface area contributed by atoms with Crippen molar-refractivity contribution in [1.29, 1.82) is 0 Å². The third kappa shape index (κ3) is 2.44. The van der Waals surface area contributed by atoms with E-state index in [4.69, 9.17) is 4.42 Å². The van der Waals surface area contributed by atoms with Gasteiger partial charge in [-0.3, -0.25) is 4.79 Å². The third-order valence-electron chi connectivity index (χ3n) is 3.41. The van der Waals surface area contributed by atoms with Crippen LogP contribution in [0.3, 0.4) is 0 Å². The van der Waals surface area contributed by atoms with Crippen molar-refractivity contribution >= 4 is 16.8 Å². The molecule has 0 unspecified atom stereocenters. The number of benzene rings is 2. The van der Waals surface area contributed by atoms with Gasteiger partial charge in [-0.25, -0.2) is 8.78 Å². The van der Waals surface area contributed by atoms with E-state index in [-0.39, 0.29) is 17.7 Å². The number of aryl methyl sites for hydroxylation is 1. The fraction of sp³-hybridized carbons (Fsp3) is 0.118. The summed E-state index contributed by atoms with van der Waals surface area (Å²) in [5.74, 6) is -1.79. The zero-order valence-electron chi connectivity index (χ0n) is 11.3. The molecule has 0 saturated carbocycles. The third-order valence-corrected chi connectivity index (χ3v) is 3.41. The summed E-state index contributed by atoms with van der Waals surface area (Å²) in [7, 11) is 0. The maximum atomic E-state index is 13.6. The molecule has 0 spiro atoms. The van der Waals surface area contributed by atoms with Crippen LogP contribution in [0.1, 0.15) is 21.7 Å². The molecule has 0 fully saturated rings. The first-order valence-corrected chi connectivity index (χ1v) is 6.51. The van der Waals surface area contributed by atoms with Crippen LogP contribution in [0.4, 0.5) is 8.78 Å². The van der Waals surface area contributed by atoms with Crippen LogP contribution in [-0.4, -0.2) is 5.78 Å². The predicted octanol–water partition coefficient (Wildman–Crippen LogP) is 4.44. The van der Waals surface area contributed by atoms with Crippen LogP contribution in [-0.2, 0) is 6.42 Å². The highest BCUT2D eigenvalue weighted by Crippen LogP contribution is 2.24. The first kappa shape index (κ1) is 13.5. The molecule has 21 heavy (non-hydrogen) atoms. The Balaban J connectivity index is 1.96. The van der Waals surface area contributed by atoms with E-state index in [1.807, 2.05) is 25.1 Å². The molecule has 3 rings (SSSR count). The molecule has 1 heterocycles. The predicted molar refractivity (Wildman–Crippen MR) is 75.3 cm³/mol. The first-order chi connectivity index (χ1) is 10.1. The number of carbonyl (C=O) groups excluding carboxylic acids is 1. The minimum atomic E-state index is -0.726. The van der Waals surface area contributed by atoms with E-state index >= 15 is 0 Å². The molecule has 0 aliphatic heterocycles. The highest BCUT2D eigenvalue weighted by molar-refractivity contribution is 5.99. The van der Waals surface area contributed by atoms with Gasteiger partial charge >= 0.3 is 0 Å². The van der Waals surface area contributed by atoms with Gasteiger partial charge in [-0.05, 0) is 30.7 Å². The van der Waals surface area contributed by atoms with Gasteiger partial charge in [-0.15, -0.1) is 0 Å². The molecule has 0 amide bonds. The normalized spacial score (nSPS) is 11.0. The highest BCUT2D eigenvalue weighted by Gasteiger charge is 2.18. The minimum Gasteiger partial charge on any atom is -0.453 e. The molecule has 0 radical (unpaired) electrons. The van der Waals surface area contributed by atoms with Gasteiger partial charge in [0.2, 0.25) is 5.78 Å². The SMILES string of the molecule is Cc1cccc2cc(C(=O)Cc3c(F)cccc3F)oc12. The van der Waals surface area contributed by atoms with Crippen LogP contribution in [0.25, 0.3) is 11.0 Å². The first-order valence-electron chi connectivity index (χ1n) is 6.51. The van der Waals surface area contributed by atoms with Gasteiger partial charge in [0.15, 0.2) is 5.76 Å². The summed E-state index contributed by atoms with van der Waals surface area (Å²) in [6.45, 7) is 1.87. The number of furan rings is 1. The monoisotopic (exact) mass is 286 g/mol. The standard InChI is InChI=1S/C17H12F2O2/c1-10-4-2-5-11-8-16(21-17(10)11)15(20)9-12-13(18)6-3-7-14(12)19/h2-8H,9H2,1H3. The van der Waals surface area contributed by atoms with Crippen LogP contribution in [0, 0.1) is 18.6 Å². The lowest BCUT2D eigenvalue weighted by Crippen LogP contribution is -2.06. The van der Waals surface area contributed by atoms with Crippen LogP contribution < -0.4 is 0 Å². The Hall–Kier alpha value is -2.49. The number of hydrogen-bond donors (Lipinski definition) is 0. The molecular formula is C17H12F2O2. The second-order valence-electron chi connectivity index (χ2n) is 4.90. The van der Waals surface area contributed by atoms with E-state index in [2.05, 4.69) is 0 Å². The molecule has 0 aliphatic rings. The summed E-state index contributed by atoms with van der Waals surface area (Å²) in [6.07, 6.45) is -0.364. The van der Waals surface area contributed by atoms with E-state index in [9.17, 15) is 13.6 Å². The van der Waals surface area contributed by atoms with E-state index < -0.39 is 17.4 Å². The van der Waals surface area contributed by atoms with Crippen molar-refractivity contribution in [3.8, 4) is 0 Å². The van der Waals surface area contributed by atoms with Crippen molar-refractivity contribution in [3.05, 3.63) is 71.0 Å². The largest absolute Gasteiger partial charge is 0.453 e. The molecule has 0 saturated heterocycles. The number of carbonyl (C=O) groups is 1. The van der Waals surface area contributed by atoms with E-state index in [0.29, 0.717) is 5.58 Å². The second kappa shape index (κ2) is 5.13. The van der Waals surface area contributed by atoms with Gasteiger partial charge < -0.3 is 4.42 Å². The van der Waals surface area contributed by atoms with Crippen LogP contribution in [0.15, 0.2) is 46.9 Å². The number of hydrogen-bond acceptors (Lipinski definition) is 2. The minimum absolute atomic E-state index is 0.113. The fourth-order valence-electron chi connectivity index (χ4n) is 2.30. The Kier molecular flexibility index (Phi) is 3.29. The zero-order valence-corrected chi connectivity index (χ0v) is 11.3. The summed E-state index contributed by atoms with van der Waals surface area (Å²) in [5.41, 5.74) is 1.29. The lowest BCUT2D eigenvalue weighted by atomic mass is 10.1. The lowest BCUT2D eigenvalue weighted by Gasteiger charge is -2.02. The summed E-state index contributed by atoms with van der Waals surface area (Å²) in [5, 5.41) is 0.798. The number of Topliss-reactive ketones (excluding diaryl/α,β-unsaturated/α-hetero) is 1. The summed E-state index contributed by atoms with van der Waals surface area (Å²) in [4.78, 5) is 12.2. The van der Waals surface area contributed by atoms with Crippen molar-refractivity contribution in [3.63, 3.8) is 0 Å². The molecule has 106 valence electrons. The molecule has 3 aromatic rings. The number of rotatable bonds is 3. The van der Waals surface area contributed by atoms with Crippen LogP contribution in [0.5, 0.6) is 0 Å². The molecule has 0 atom stereocenters. The average Bonchev–Trinajstić information content (AvgIpc) is 2.88. The summed E-state index contributed by atoms with van der Waals surface area (Å²) in [6, 6.07) is 10.7. The lowest BCUT2D eigenvalue weighted by molar-refractivity contribution is 0.0966. The van der Waals surface area contributed by atoms with E-state index in [1.54, 1.807) is 6.07 Å². The van der Waals surface area contributed by atoms with Crippen molar-refractivity contribution in [2.75, 3.05) is 0 Å². The molecule has 0 aliphatic carbocycles. The van der Waals surface area contributed by atoms with Gasteiger partial charge in [0.1, 0.15) is 17.2 Å². The van der Waals surface area contributed by atoms with Crippen LogP contribution >= 0.6 is 0 Å². The van der Waals surface area contributed by atoms with Crippen molar-refractivity contribution in [1.82, 2.24) is 0 Å². The quantitative estimate of drug-likeness (QED) is 0.666. The Morgan fingerprint density at radius 1 is 1.10 bits per heavy atom. The summed E-state index contributed by atoms with van der Waals surface area (Å²) >= 11 is 0. The zero-order chi connectivity index (χ0) is 15.0. The Labute approximate surface area is 120 Å². The topological polar surface area (TPSA) is 30.2 Å². The maximum Gasteiger partial charge on any atom is 0.202 e. The Morgan fingerprint density at radius 3 is 2.43 bits per heavy atom. The van der Waals surface area contributed by atoms with Gasteiger partial charge in [0.25, 0.3) is 0 Å². The molecule has 2 nitrogen and oxygen atoms in total. The van der Waals surface area contributed by atoms with Crippen molar-refractivity contribution < 1.29 is 18.0 Å². The van der Waals surface area contributed by atoms with Gasteiger partial charge in [0.05, 0.1) is 0 Å². The van der Waals surface area contributed by atoms with Crippen molar-refractivity contribution in [2.24, 2.45) is 0 Å². The average molecular weight is 286 g/mol. The van der Waals surface area contributed by atoms with Crippen molar-refractivity contribution in [2.45, 2.75) is 13.3 Å². The second-order valence-corrected chi connectivity index (χ2v) is 4.90. The van der Waals surface area contributed by atoms with E-state index in [1.165, 1.54) is 6.07 Å². The van der Waals surface area contributed by atoms with E-state index in [0.717, 1.165) is 23.1 Å². The number of ketones is 1. The summed E-state index contributed by atoms with van der Waals surface area (Å²) < 4.78 is 32.7. The molecule has 0 N–H and O–H groups in total. The fourth-order valence-corrected chi connectivity index (χ4v) is 2.30. The Morgan fingerprint density at radius 2 is 1.76 bits per heavy atom.